The molecule has 100 valence electrons. The first kappa shape index (κ1) is 12.4. The predicted molar refractivity (Wildman–Crippen MR) is 80.6 cm³/mol. The Labute approximate surface area is 116 Å². The van der Waals surface area contributed by atoms with Crippen molar-refractivity contribution in [2.45, 2.75) is 6.92 Å². The summed E-state index contributed by atoms with van der Waals surface area (Å²) in [6.45, 7) is 1.87. The van der Waals surface area contributed by atoms with Gasteiger partial charge in [0, 0.05) is 28.6 Å². The van der Waals surface area contributed by atoms with Gasteiger partial charge in [-0.1, -0.05) is 0 Å². The fourth-order valence-electron chi connectivity index (χ4n) is 2.19. The third kappa shape index (κ3) is 2.28. The summed E-state index contributed by atoms with van der Waals surface area (Å²) in [6.07, 6.45) is 1.73. The van der Waals surface area contributed by atoms with Crippen molar-refractivity contribution in [3.8, 4) is 0 Å². The molecule has 1 heterocycles. The van der Waals surface area contributed by atoms with E-state index in [0.717, 1.165) is 27.8 Å². The molecule has 0 aliphatic rings. The summed E-state index contributed by atoms with van der Waals surface area (Å²) in [5, 5.41) is 4.29. The summed E-state index contributed by atoms with van der Waals surface area (Å²) in [5.41, 5.74) is 9.92. The normalized spacial score (nSPS) is 10.7. The molecule has 0 aliphatic heterocycles. The maximum absolute atomic E-state index is 13.1. The van der Waals surface area contributed by atoms with E-state index < -0.39 is 0 Å². The molecule has 3 aromatic rings. The van der Waals surface area contributed by atoms with E-state index in [0.29, 0.717) is 5.69 Å². The van der Waals surface area contributed by atoms with Gasteiger partial charge in [-0.15, -0.1) is 0 Å². The summed E-state index contributed by atoms with van der Waals surface area (Å²) in [4.78, 5) is 4.30. The van der Waals surface area contributed by atoms with Crippen LogP contribution in [0.25, 0.3) is 10.9 Å². The number of aryl methyl sites for hydroxylation is 1. The Balaban J connectivity index is 2.06. The third-order valence-electron chi connectivity index (χ3n) is 3.22. The summed E-state index contributed by atoms with van der Waals surface area (Å²) in [5.74, 6) is -0.236. The van der Waals surface area contributed by atoms with Gasteiger partial charge in [0.1, 0.15) is 5.82 Å². The molecule has 0 saturated carbocycles. The molecular weight excluding hydrogens is 253 g/mol. The molecule has 0 amide bonds. The Morgan fingerprint density at radius 3 is 2.70 bits per heavy atom. The molecule has 0 aliphatic carbocycles. The van der Waals surface area contributed by atoms with Crippen LogP contribution in [0, 0.1) is 12.7 Å². The van der Waals surface area contributed by atoms with Gasteiger partial charge < -0.3 is 11.1 Å². The van der Waals surface area contributed by atoms with Gasteiger partial charge in [0.2, 0.25) is 0 Å². The molecule has 1 aromatic heterocycles. The first-order chi connectivity index (χ1) is 9.63. The molecule has 0 atom stereocenters. The Morgan fingerprint density at radius 2 is 1.90 bits per heavy atom. The van der Waals surface area contributed by atoms with Crippen LogP contribution in [-0.2, 0) is 0 Å². The number of rotatable bonds is 2. The second kappa shape index (κ2) is 4.81. The van der Waals surface area contributed by atoms with Crippen LogP contribution in [-0.4, -0.2) is 4.98 Å². The number of benzene rings is 2. The van der Waals surface area contributed by atoms with E-state index in [9.17, 15) is 4.39 Å². The van der Waals surface area contributed by atoms with Crippen LogP contribution in [0.1, 0.15) is 5.56 Å². The number of hydrogen-bond acceptors (Lipinski definition) is 3. The van der Waals surface area contributed by atoms with Gasteiger partial charge in [-0.05, 0) is 55.0 Å². The van der Waals surface area contributed by atoms with E-state index >= 15 is 0 Å². The maximum atomic E-state index is 13.1. The van der Waals surface area contributed by atoms with Gasteiger partial charge in [0.05, 0.1) is 5.52 Å². The van der Waals surface area contributed by atoms with Crippen molar-refractivity contribution in [1.82, 2.24) is 4.98 Å². The highest BCUT2D eigenvalue weighted by Gasteiger charge is 2.05. The zero-order valence-corrected chi connectivity index (χ0v) is 11.0. The van der Waals surface area contributed by atoms with Crippen molar-refractivity contribution in [3.05, 3.63) is 60.0 Å². The number of hydrogen-bond donors (Lipinski definition) is 2. The van der Waals surface area contributed by atoms with E-state index in [1.165, 1.54) is 12.1 Å². The lowest BCUT2D eigenvalue weighted by atomic mass is 10.1. The molecular formula is C16H14FN3. The Bertz CT molecular complexity index is 784. The second-order valence-corrected chi connectivity index (χ2v) is 4.72. The summed E-state index contributed by atoms with van der Waals surface area (Å²) >= 11 is 0. The standard InChI is InChI=1S/C16H14FN3/c1-10-8-11(17)2-5-14(10)20-15-6-7-19-16-9-12(18)3-4-13(15)16/h2-9H,18H2,1H3,(H,19,20). The first-order valence-electron chi connectivity index (χ1n) is 6.31. The fourth-order valence-corrected chi connectivity index (χ4v) is 2.19. The minimum Gasteiger partial charge on any atom is -0.399 e. The van der Waals surface area contributed by atoms with Crippen LogP contribution < -0.4 is 11.1 Å². The van der Waals surface area contributed by atoms with Crippen molar-refractivity contribution < 1.29 is 4.39 Å². The minimum atomic E-state index is -0.236. The number of nitrogens with two attached hydrogens (primary N) is 1. The summed E-state index contributed by atoms with van der Waals surface area (Å²) in [7, 11) is 0. The highest BCUT2D eigenvalue weighted by Crippen LogP contribution is 2.28. The maximum Gasteiger partial charge on any atom is 0.123 e. The van der Waals surface area contributed by atoms with Crippen LogP contribution in [0.15, 0.2) is 48.7 Å². The molecule has 20 heavy (non-hydrogen) atoms. The Morgan fingerprint density at radius 1 is 1.05 bits per heavy atom. The van der Waals surface area contributed by atoms with Crippen molar-refractivity contribution in [2.24, 2.45) is 0 Å². The van der Waals surface area contributed by atoms with E-state index in [1.54, 1.807) is 12.3 Å². The average molecular weight is 267 g/mol. The van der Waals surface area contributed by atoms with E-state index in [2.05, 4.69) is 10.3 Å². The number of pyridine rings is 1. The largest absolute Gasteiger partial charge is 0.399 e. The lowest BCUT2D eigenvalue weighted by molar-refractivity contribution is 0.627. The Hall–Kier alpha value is -2.62. The zero-order valence-electron chi connectivity index (χ0n) is 11.0. The zero-order chi connectivity index (χ0) is 14.1. The minimum absolute atomic E-state index is 0.236. The number of nitrogens with zero attached hydrogens (tertiary/aromatic N) is 1. The molecule has 0 saturated heterocycles. The monoisotopic (exact) mass is 267 g/mol. The van der Waals surface area contributed by atoms with Gasteiger partial charge in [0.15, 0.2) is 0 Å². The quantitative estimate of drug-likeness (QED) is 0.690. The number of aromatic nitrogens is 1. The van der Waals surface area contributed by atoms with Crippen LogP contribution in [0.3, 0.4) is 0 Å². The van der Waals surface area contributed by atoms with Gasteiger partial charge in [-0.25, -0.2) is 4.39 Å². The van der Waals surface area contributed by atoms with Crippen LogP contribution in [0.2, 0.25) is 0 Å². The van der Waals surface area contributed by atoms with Crippen LogP contribution in [0.4, 0.5) is 21.5 Å². The highest BCUT2D eigenvalue weighted by atomic mass is 19.1. The number of anilines is 3. The first-order valence-corrected chi connectivity index (χ1v) is 6.31. The van der Waals surface area contributed by atoms with Gasteiger partial charge >= 0.3 is 0 Å². The molecule has 0 unspecified atom stereocenters. The number of halogens is 1. The van der Waals surface area contributed by atoms with Gasteiger partial charge in [0.25, 0.3) is 0 Å². The number of nitrogens with one attached hydrogen (secondary N) is 1. The topological polar surface area (TPSA) is 50.9 Å². The van der Waals surface area contributed by atoms with E-state index in [-0.39, 0.29) is 5.82 Å². The fraction of sp³-hybridized carbons (Fsp3) is 0.0625. The van der Waals surface area contributed by atoms with Crippen molar-refractivity contribution >= 4 is 28.0 Å². The van der Waals surface area contributed by atoms with Gasteiger partial charge in [-0.3, -0.25) is 4.98 Å². The molecule has 0 bridgehead atoms. The molecule has 3 nitrogen and oxygen atoms in total. The lowest BCUT2D eigenvalue weighted by Gasteiger charge is -2.12. The Kier molecular flexibility index (Phi) is 2.99. The molecule has 2 aromatic carbocycles. The second-order valence-electron chi connectivity index (χ2n) is 4.72. The number of fused-ring (bicyclic) bond motifs is 1. The summed E-state index contributed by atoms with van der Waals surface area (Å²) < 4.78 is 13.1. The average Bonchev–Trinajstić information content (AvgIpc) is 2.41. The van der Waals surface area contributed by atoms with E-state index in [1.807, 2.05) is 31.2 Å². The smallest absolute Gasteiger partial charge is 0.123 e. The van der Waals surface area contributed by atoms with Crippen molar-refractivity contribution in [1.29, 1.82) is 0 Å². The molecule has 0 spiro atoms. The van der Waals surface area contributed by atoms with Crippen LogP contribution in [0.5, 0.6) is 0 Å². The van der Waals surface area contributed by atoms with E-state index in [4.69, 9.17) is 5.73 Å². The van der Waals surface area contributed by atoms with Crippen molar-refractivity contribution in [3.63, 3.8) is 0 Å². The lowest BCUT2D eigenvalue weighted by Crippen LogP contribution is -1.96. The van der Waals surface area contributed by atoms with Gasteiger partial charge in [-0.2, -0.15) is 0 Å². The molecule has 4 heteroatoms. The molecule has 0 radical (unpaired) electrons. The predicted octanol–water partition coefficient (Wildman–Crippen LogP) is 4.01. The molecule has 3 rings (SSSR count). The summed E-state index contributed by atoms with van der Waals surface area (Å²) in [6, 6.07) is 12.2. The van der Waals surface area contributed by atoms with Crippen LogP contribution >= 0.6 is 0 Å². The molecule has 0 fully saturated rings. The number of nitrogen functional groups attached to an aromatic ring is 1. The highest BCUT2D eigenvalue weighted by molar-refractivity contribution is 5.94. The third-order valence-corrected chi connectivity index (χ3v) is 3.22. The SMILES string of the molecule is Cc1cc(F)ccc1Nc1ccnc2cc(N)ccc12. The van der Waals surface area contributed by atoms with Crippen molar-refractivity contribution in [2.75, 3.05) is 11.1 Å². The molecule has 3 N–H and O–H groups in total.